The molecule has 0 aliphatic rings. The molecule has 0 saturated carbocycles. The van der Waals surface area contributed by atoms with E-state index in [0.717, 1.165) is 6.42 Å². The van der Waals surface area contributed by atoms with Crippen molar-refractivity contribution in [1.29, 1.82) is 0 Å². The Balaban J connectivity index is 5.57. The molecule has 2 nitrogen and oxygen atoms in total. The molecular weight excluding hydrogens is 272 g/mol. The molecule has 0 aromatic heterocycles. The fraction of sp³-hybridized carbons (Fsp3) is 0.950. The number of ether oxygens (including phenoxy) is 1. The summed E-state index contributed by atoms with van der Waals surface area (Å²) in [4.78, 5) is 13.1. The Morgan fingerprint density at radius 3 is 1.50 bits per heavy atom. The Bertz CT molecular complexity index is 374. The normalized spacial score (nSPS) is 18.0. The Hall–Kier alpha value is -0.530. The van der Waals surface area contributed by atoms with Gasteiger partial charge in [-0.1, -0.05) is 76.2 Å². The molecule has 0 spiro atoms. The van der Waals surface area contributed by atoms with Gasteiger partial charge in [-0.05, 0) is 35.5 Å². The summed E-state index contributed by atoms with van der Waals surface area (Å²) in [6.07, 6.45) is 0.749. The molecule has 2 atom stereocenters. The van der Waals surface area contributed by atoms with Gasteiger partial charge in [0.1, 0.15) is 6.10 Å². The van der Waals surface area contributed by atoms with Crippen molar-refractivity contribution in [2.24, 2.45) is 27.6 Å². The van der Waals surface area contributed by atoms with E-state index in [9.17, 15) is 4.79 Å². The van der Waals surface area contributed by atoms with Crippen LogP contribution in [0.15, 0.2) is 0 Å². The minimum Gasteiger partial charge on any atom is -0.461 e. The lowest BCUT2D eigenvalue weighted by molar-refractivity contribution is -0.179. The molecule has 0 saturated heterocycles. The van der Waals surface area contributed by atoms with Crippen LogP contribution in [0.3, 0.4) is 0 Å². The maximum Gasteiger partial charge on any atom is 0.312 e. The zero-order chi connectivity index (χ0) is 18.1. The highest BCUT2D eigenvalue weighted by molar-refractivity contribution is 5.77. The van der Waals surface area contributed by atoms with Gasteiger partial charge in [0.2, 0.25) is 0 Å². The van der Waals surface area contributed by atoms with Crippen molar-refractivity contribution in [1.82, 2.24) is 0 Å². The van der Waals surface area contributed by atoms with Gasteiger partial charge in [0.25, 0.3) is 0 Å². The number of rotatable bonds is 4. The monoisotopic (exact) mass is 312 g/mol. The third kappa shape index (κ3) is 5.59. The van der Waals surface area contributed by atoms with Crippen LogP contribution in [0.5, 0.6) is 0 Å². The zero-order valence-corrected chi connectivity index (χ0v) is 17.2. The molecule has 0 aromatic rings. The van der Waals surface area contributed by atoms with Crippen molar-refractivity contribution in [3.05, 3.63) is 0 Å². The maximum absolute atomic E-state index is 13.1. The molecule has 0 aliphatic carbocycles. The molecule has 0 heterocycles. The first-order valence-electron chi connectivity index (χ1n) is 8.63. The smallest absolute Gasteiger partial charge is 0.312 e. The molecule has 2 unspecified atom stereocenters. The molecule has 0 radical (unpaired) electrons. The van der Waals surface area contributed by atoms with Gasteiger partial charge in [-0.3, -0.25) is 4.79 Å². The van der Waals surface area contributed by atoms with E-state index in [0.29, 0.717) is 5.92 Å². The second kappa shape index (κ2) is 6.53. The van der Waals surface area contributed by atoms with Gasteiger partial charge in [-0.2, -0.15) is 0 Å². The van der Waals surface area contributed by atoms with Crippen LogP contribution in [0.1, 0.15) is 89.5 Å². The molecule has 0 bridgehead atoms. The van der Waals surface area contributed by atoms with Gasteiger partial charge >= 0.3 is 5.97 Å². The largest absolute Gasteiger partial charge is 0.461 e. The first-order valence-corrected chi connectivity index (χ1v) is 8.63. The number of carbonyl (C=O) groups is 1. The number of hydrogen-bond acceptors (Lipinski definition) is 2. The van der Waals surface area contributed by atoms with Crippen LogP contribution < -0.4 is 0 Å². The Morgan fingerprint density at radius 2 is 1.27 bits per heavy atom. The van der Waals surface area contributed by atoms with Gasteiger partial charge in [0.15, 0.2) is 0 Å². The van der Waals surface area contributed by atoms with Crippen LogP contribution in [-0.2, 0) is 9.53 Å². The molecule has 0 fully saturated rings. The van der Waals surface area contributed by atoms with Crippen molar-refractivity contribution in [3.63, 3.8) is 0 Å². The zero-order valence-electron chi connectivity index (χ0n) is 17.2. The fourth-order valence-corrected chi connectivity index (χ4v) is 3.26. The minimum atomic E-state index is -0.496. The average molecular weight is 313 g/mol. The third-order valence-electron chi connectivity index (χ3n) is 4.68. The van der Waals surface area contributed by atoms with Crippen molar-refractivity contribution in [2.75, 3.05) is 0 Å². The van der Waals surface area contributed by atoms with Crippen LogP contribution >= 0.6 is 0 Å². The molecule has 2 heteroatoms. The number of carbonyl (C=O) groups excluding carboxylic acids is 1. The summed E-state index contributed by atoms with van der Waals surface area (Å²) in [5, 5.41) is 0. The van der Waals surface area contributed by atoms with Gasteiger partial charge < -0.3 is 4.74 Å². The Kier molecular flexibility index (Phi) is 6.37. The highest BCUT2D eigenvalue weighted by atomic mass is 16.5. The highest BCUT2D eigenvalue weighted by Gasteiger charge is 2.49. The molecule has 0 N–H and O–H groups in total. The summed E-state index contributed by atoms with van der Waals surface area (Å²) in [6.45, 7) is 25.7. The van der Waals surface area contributed by atoms with Gasteiger partial charge in [0, 0.05) is 0 Å². The summed E-state index contributed by atoms with van der Waals surface area (Å²) in [7, 11) is 0. The number of esters is 1. The topological polar surface area (TPSA) is 26.3 Å². The minimum absolute atomic E-state index is 0.0512. The van der Waals surface area contributed by atoms with Crippen LogP contribution in [0.4, 0.5) is 0 Å². The maximum atomic E-state index is 13.1. The van der Waals surface area contributed by atoms with Crippen LogP contribution in [0.25, 0.3) is 0 Å². The van der Waals surface area contributed by atoms with E-state index in [1.807, 2.05) is 0 Å². The van der Waals surface area contributed by atoms with E-state index in [4.69, 9.17) is 4.74 Å². The van der Waals surface area contributed by atoms with E-state index in [1.165, 1.54) is 0 Å². The lowest BCUT2D eigenvalue weighted by atomic mass is 9.61. The quantitative estimate of drug-likeness (QED) is 0.587. The average Bonchev–Trinajstić information content (AvgIpc) is 2.18. The third-order valence-corrected chi connectivity index (χ3v) is 4.68. The van der Waals surface area contributed by atoms with Crippen LogP contribution in [0, 0.1) is 27.6 Å². The predicted molar refractivity (Wildman–Crippen MR) is 95.8 cm³/mol. The molecule has 0 rings (SSSR count). The second-order valence-corrected chi connectivity index (χ2v) is 10.8. The van der Waals surface area contributed by atoms with Crippen LogP contribution in [0.2, 0.25) is 0 Å². The number of hydrogen-bond donors (Lipinski definition) is 0. The molecule has 22 heavy (non-hydrogen) atoms. The molecule has 132 valence electrons. The highest BCUT2D eigenvalue weighted by Crippen LogP contribution is 2.48. The SMILES string of the molecule is CC(C)C(OC(=O)C(C)(CC(C)(C)C)C(C)(C)C)C(C)(C)C. The second-order valence-electron chi connectivity index (χ2n) is 10.8. The van der Waals surface area contributed by atoms with E-state index in [1.54, 1.807) is 0 Å². The fourth-order valence-electron chi connectivity index (χ4n) is 3.26. The lowest BCUT2D eigenvalue weighted by Crippen LogP contribution is -2.47. The summed E-state index contributed by atoms with van der Waals surface area (Å²) < 4.78 is 6.07. The van der Waals surface area contributed by atoms with E-state index >= 15 is 0 Å². The molecule has 0 aliphatic heterocycles. The van der Waals surface area contributed by atoms with Crippen molar-refractivity contribution in [3.8, 4) is 0 Å². The molecular formula is C20H40O2. The molecule has 0 amide bonds. The Morgan fingerprint density at radius 1 is 0.864 bits per heavy atom. The molecule has 0 aromatic carbocycles. The van der Waals surface area contributed by atoms with E-state index < -0.39 is 5.41 Å². The summed E-state index contributed by atoms with van der Waals surface area (Å²) in [6, 6.07) is 0. The van der Waals surface area contributed by atoms with E-state index in [2.05, 4.69) is 83.1 Å². The summed E-state index contributed by atoms with van der Waals surface area (Å²) in [5.74, 6) is 0.256. The standard InChI is InChI=1S/C20H40O2/c1-14(2)15(18(6,7)8)22-16(21)20(12,19(9,10)11)13-17(3,4)5/h14-15H,13H2,1-12H3. The lowest BCUT2D eigenvalue weighted by Gasteiger charge is -2.45. The Labute approximate surface area is 139 Å². The summed E-state index contributed by atoms with van der Waals surface area (Å²) >= 11 is 0. The van der Waals surface area contributed by atoms with Gasteiger partial charge in [0.05, 0.1) is 5.41 Å². The van der Waals surface area contributed by atoms with Crippen LogP contribution in [-0.4, -0.2) is 12.1 Å². The summed E-state index contributed by atoms with van der Waals surface area (Å²) in [5.41, 5.74) is -0.610. The van der Waals surface area contributed by atoms with Crippen molar-refractivity contribution >= 4 is 5.97 Å². The first kappa shape index (κ1) is 21.5. The van der Waals surface area contributed by atoms with Gasteiger partial charge in [-0.25, -0.2) is 0 Å². The van der Waals surface area contributed by atoms with Crippen molar-refractivity contribution < 1.29 is 9.53 Å². The predicted octanol–water partition coefficient (Wildman–Crippen LogP) is 6.09. The van der Waals surface area contributed by atoms with Crippen molar-refractivity contribution in [2.45, 2.75) is 95.6 Å². The van der Waals surface area contributed by atoms with Gasteiger partial charge in [-0.15, -0.1) is 0 Å². The van der Waals surface area contributed by atoms with E-state index in [-0.39, 0.29) is 28.3 Å². The first-order chi connectivity index (χ1) is 9.42.